The number of aromatic nitrogens is 1. The maximum atomic E-state index is 14.7. The van der Waals surface area contributed by atoms with Gasteiger partial charge in [-0.3, -0.25) is 9.78 Å². The van der Waals surface area contributed by atoms with E-state index in [1.54, 1.807) is 18.2 Å². The summed E-state index contributed by atoms with van der Waals surface area (Å²) < 4.78 is 14.7. The summed E-state index contributed by atoms with van der Waals surface area (Å²) in [6.07, 6.45) is 5.42. The maximum Gasteiger partial charge on any atom is 0.271 e. The Morgan fingerprint density at radius 1 is 1.41 bits per heavy atom. The molecule has 1 amide bonds. The highest BCUT2D eigenvalue weighted by molar-refractivity contribution is 5.94. The van der Waals surface area contributed by atoms with Crippen molar-refractivity contribution >= 4 is 17.8 Å². The number of benzene rings is 1. The topological polar surface area (TPSA) is 57.6 Å². The smallest absolute Gasteiger partial charge is 0.271 e. The van der Waals surface area contributed by atoms with Gasteiger partial charge in [-0.05, 0) is 62.9 Å². The fourth-order valence-electron chi connectivity index (χ4n) is 3.95. The number of anilines is 1. The van der Waals surface area contributed by atoms with Gasteiger partial charge < -0.3 is 4.90 Å². The molecular formula is C21H25FN4O. The first-order valence-corrected chi connectivity index (χ1v) is 9.18. The van der Waals surface area contributed by atoms with Crippen LogP contribution in [0.1, 0.15) is 61.5 Å². The average Bonchev–Trinajstić information content (AvgIpc) is 2.63. The molecule has 1 N–H and O–H groups in total. The third-order valence-electron chi connectivity index (χ3n) is 5.13. The van der Waals surface area contributed by atoms with Crippen molar-refractivity contribution in [3.8, 4) is 0 Å². The number of halogens is 1. The summed E-state index contributed by atoms with van der Waals surface area (Å²) in [7, 11) is 0. The second kappa shape index (κ2) is 7.47. The van der Waals surface area contributed by atoms with E-state index >= 15 is 0 Å². The number of hydrogen-bond donors (Lipinski definition) is 1. The van der Waals surface area contributed by atoms with Gasteiger partial charge in [0, 0.05) is 41.3 Å². The highest BCUT2D eigenvalue weighted by Crippen LogP contribution is 2.43. The van der Waals surface area contributed by atoms with E-state index in [-0.39, 0.29) is 17.3 Å². The third kappa shape index (κ3) is 3.84. The van der Waals surface area contributed by atoms with Crippen LogP contribution >= 0.6 is 0 Å². The van der Waals surface area contributed by atoms with Crippen molar-refractivity contribution in [3.63, 3.8) is 0 Å². The lowest BCUT2D eigenvalue weighted by molar-refractivity contribution is 0.0955. The molecule has 5 nitrogen and oxygen atoms in total. The van der Waals surface area contributed by atoms with E-state index < -0.39 is 0 Å². The Hall–Kier alpha value is -2.76. The number of hydrogen-bond acceptors (Lipinski definition) is 4. The van der Waals surface area contributed by atoms with Crippen LogP contribution in [0.15, 0.2) is 41.8 Å². The molecule has 1 aromatic carbocycles. The lowest BCUT2D eigenvalue weighted by atomic mass is 9.79. The molecule has 0 saturated carbocycles. The van der Waals surface area contributed by atoms with Crippen molar-refractivity contribution in [1.29, 1.82) is 0 Å². The zero-order valence-electron chi connectivity index (χ0n) is 16.2. The molecule has 0 aliphatic carbocycles. The van der Waals surface area contributed by atoms with Crippen LogP contribution in [0, 0.1) is 5.82 Å². The van der Waals surface area contributed by atoms with Gasteiger partial charge in [0.1, 0.15) is 5.82 Å². The van der Waals surface area contributed by atoms with Gasteiger partial charge in [-0.1, -0.05) is 6.92 Å². The van der Waals surface area contributed by atoms with E-state index in [1.807, 2.05) is 6.07 Å². The van der Waals surface area contributed by atoms with Crippen molar-refractivity contribution < 1.29 is 9.18 Å². The molecule has 142 valence electrons. The Kier molecular flexibility index (Phi) is 5.26. The summed E-state index contributed by atoms with van der Waals surface area (Å²) in [5.74, 6) is -0.393. The number of carbonyl (C=O) groups is 1. The Balaban J connectivity index is 1.84. The zero-order chi connectivity index (χ0) is 19.6. The number of pyridine rings is 1. The minimum absolute atomic E-state index is 0.0122. The molecule has 6 heteroatoms. The molecule has 1 aromatic heterocycles. The van der Waals surface area contributed by atoms with Gasteiger partial charge in [0.25, 0.3) is 5.91 Å². The molecule has 0 saturated heterocycles. The fourth-order valence-corrected chi connectivity index (χ4v) is 3.95. The van der Waals surface area contributed by atoms with Gasteiger partial charge in [0.05, 0.1) is 6.21 Å². The minimum atomic E-state index is -0.362. The highest BCUT2D eigenvalue weighted by Gasteiger charge is 2.36. The average molecular weight is 368 g/mol. The van der Waals surface area contributed by atoms with Gasteiger partial charge in [-0.2, -0.15) is 5.10 Å². The summed E-state index contributed by atoms with van der Waals surface area (Å²) in [6, 6.07) is 6.61. The van der Waals surface area contributed by atoms with Crippen LogP contribution in [0.4, 0.5) is 10.1 Å². The molecule has 2 heterocycles. The van der Waals surface area contributed by atoms with Crippen LogP contribution in [-0.2, 0) is 0 Å². The molecule has 2 aromatic rings. The van der Waals surface area contributed by atoms with Crippen LogP contribution in [0.5, 0.6) is 0 Å². The number of carbonyl (C=O) groups excluding carboxylic acids is 1. The summed E-state index contributed by atoms with van der Waals surface area (Å²) in [6.45, 7) is 9.46. The summed E-state index contributed by atoms with van der Waals surface area (Å²) in [4.78, 5) is 18.1. The SMILES string of the molecule is CCN1c2cc(F)c(/C=N\NC(=O)c3ccncc3)cc2C(C)CC1(C)C. The minimum Gasteiger partial charge on any atom is -0.366 e. The standard InChI is InChI=1S/C21H25FN4O/c1-5-26-19-11-18(22)16(10-17(19)14(2)12-21(26,3)4)13-24-25-20(27)15-6-8-23-9-7-15/h6-11,13-14H,5,12H2,1-4H3,(H,25,27)/b24-13-. The number of amides is 1. The van der Waals surface area contributed by atoms with E-state index in [0.29, 0.717) is 17.0 Å². The van der Waals surface area contributed by atoms with Gasteiger partial charge >= 0.3 is 0 Å². The summed E-state index contributed by atoms with van der Waals surface area (Å²) in [5, 5.41) is 3.92. The molecule has 27 heavy (non-hydrogen) atoms. The quantitative estimate of drug-likeness (QED) is 0.653. The molecule has 1 aliphatic heterocycles. The van der Waals surface area contributed by atoms with Gasteiger partial charge in [0.2, 0.25) is 0 Å². The fraction of sp³-hybridized carbons (Fsp3) is 0.381. The molecule has 0 bridgehead atoms. The Bertz CT molecular complexity index is 864. The number of rotatable bonds is 4. The molecule has 1 atom stereocenters. The first-order valence-electron chi connectivity index (χ1n) is 9.18. The second-order valence-corrected chi connectivity index (χ2v) is 7.53. The number of nitrogens with zero attached hydrogens (tertiary/aromatic N) is 3. The number of nitrogens with one attached hydrogen (secondary N) is 1. The van der Waals surface area contributed by atoms with Crippen molar-refractivity contribution in [2.24, 2.45) is 5.10 Å². The highest BCUT2D eigenvalue weighted by atomic mass is 19.1. The zero-order valence-corrected chi connectivity index (χ0v) is 16.2. The van der Waals surface area contributed by atoms with Crippen molar-refractivity contribution in [2.45, 2.75) is 45.6 Å². The molecular weight excluding hydrogens is 343 g/mol. The monoisotopic (exact) mass is 368 g/mol. The lowest BCUT2D eigenvalue weighted by Crippen LogP contribution is -2.48. The molecule has 1 aliphatic rings. The van der Waals surface area contributed by atoms with Crippen LogP contribution in [0.25, 0.3) is 0 Å². The van der Waals surface area contributed by atoms with E-state index in [4.69, 9.17) is 0 Å². The van der Waals surface area contributed by atoms with E-state index in [1.165, 1.54) is 18.6 Å². The Labute approximate surface area is 159 Å². The predicted molar refractivity (Wildman–Crippen MR) is 106 cm³/mol. The largest absolute Gasteiger partial charge is 0.366 e. The summed E-state index contributed by atoms with van der Waals surface area (Å²) in [5.41, 5.74) is 5.28. The van der Waals surface area contributed by atoms with Crippen LogP contribution in [0.3, 0.4) is 0 Å². The van der Waals surface area contributed by atoms with Gasteiger partial charge in [-0.25, -0.2) is 9.82 Å². The molecule has 0 spiro atoms. The maximum absolute atomic E-state index is 14.7. The molecule has 0 fully saturated rings. The van der Waals surface area contributed by atoms with Crippen LogP contribution in [0.2, 0.25) is 0 Å². The van der Waals surface area contributed by atoms with Crippen LogP contribution in [-0.4, -0.2) is 29.2 Å². The van der Waals surface area contributed by atoms with Gasteiger partial charge in [-0.15, -0.1) is 0 Å². The molecule has 0 radical (unpaired) electrons. The normalized spacial score (nSPS) is 18.4. The van der Waals surface area contributed by atoms with E-state index in [2.05, 4.69) is 48.1 Å². The van der Waals surface area contributed by atoms with Crippen molar-refractivity contribution in [2.75, 3.05) is 11.4 Å². The summed E-state index contributed by atoms with van der Waals surface area (Å²) >= 11 is 0. The third-order valence-corrected chi connectivity index (χ3v) is 5.13. The van der Waals surface area contributed by atoms with Crippen molar-refractivity contribution in [1.82, 2.24) is 10.4 Å². The second-order valence-electron chi connectivity index (χ2n) is 7.53. The predicted octanol–water partition coefficient (Wildman–Crippen LogP) is 4.10. The lowest BCUT2D eigenvalue weighted by Gasteiger charge is -2.47. The molecule has 1 unspecified atom stereocenters. The Morgan fingerprint density at radius 3 is 2.78 bits per heavy atom. The Morgan fingerprint density at radius 2 is 2.11 bits per heavy atom. The molecule has 3 rings (SSSR count). The van der Waals surface area contributed by atoms with Crippen molar-refractivity contribution in [3.05, 3.63) is 59.2 Å². The first-order chi connectivity index (χ1) is 12.8. The number of fused-ring (bicyclic) bond motifs is 1. The van der Waals surface area contributed by atoms with E-state index in [0.717, 1.165) is 24.2 Å². The van der Waals surface area contributed by atoms with Crippen LogP contribution < -0.4 is 10.3 Å². The first kappa shape index (κ1) is 19.0. The van der Waals surface area contributed by atoms with Gasteiger partial charge in [0.15, 0.2) is 0 Å². The number of hydrazone groups is 1. The van der Waals surface area contributed by atoms with E-state index in [9.17, 15) is 9.18 Å².